The summed E-state index contributed by atoms with van der Waals surface area (Å²) in [4.78, 5) is 23.0. The third kappa shape index (κ3) is 3.78. The number of aromatic nitrogens is 5. The molecule has 0 atom stereocenters. The van der Waals surface area contributed by atoms with E-state index in [2.05, 4.69) is 69.5 Å². The van der Waals surface area contributed by atoms with Gasteiger partial charge in [0.1, 0.15) is 0 Å². The van der Waals surface area contributed by atoms with Gasteiger partial charge in [-0.2, -0.15) is 0 Å². The minimum Gasteiger partial charge on any atom is -0.265 e. The summed E-state index contributed by atoms with van der Waals surface area (Å²) in [6, 6.07) is 30.8. The summed E-state index contributed by atoms with van der Waals surface area (Å²) in [5.41, 5.74) is 7.84. The number of hydrogen-bond acceptors (Lipinski definition) is 5. The lowest BCUT2D eigenvalue weighted by Crippen LogP contribution is -1.95. The Morgan fingerprint density at radius 1 is 0.342 bits per heavy atom. The molecule has 0 spiro atoms. The molecule has 5 heteroatoms. The maximum atomic E-state index is 5.10. The summed E-state index contributed by atoms with van der Waals surface area (Å²) in [6.07, 6.45) is 11.0. The van der Waals surface area contributed by atoms with Gasteiger partial charge in [-0.3, -0.25) is 15.0 Å². The number of pyridine rings is 5. The van der Waals surface area contributed by atoms with Crippen LogP contribution in [0.15, 0.2) is 128 Å². The topological polar surface area (TPSA) is 64.5 Å². The van der Waals surface area contributed by atoms with Crippen LogP contribution >= 0.6 is 0 Å². The first-order chi connectivity index (χ1) is 18.9. The standard InChI is InChI=1S/C33H21N5/c1-2-6-25-24(5-1)32(30-9-3-7-28(37-30)22-11-16-34-17-12-22)26-15-20-36-21-27(26)33(25)31-10-4-8-29(38-31)23-13-18-35-19-14-23/h1-21H. The Kier molecular flexibility index (Phi) is 5.37. The van der Waals surface area contributed by atoms with E-state index in [0.29, 0.717) is 0 Å². The van der Waals surface area contributed by atoms with Crippen molar-refractivity contribution >= 4 is 21.5 Å². The van der Waals surface area contributed by atoms with E-state index in [-0.39, 0.29) is 0 Å². The molecule has 2 aromatic carbocycles. The molecular weight excluding hydrogens is 466 g/mol. The quantitative estimate of drug-likeness (QED) is 0.239. The van der Waals surface area contributed by atoms with Gasteiger partial charge in [0.2, 0.25) is 0 Å². The molecule has 0 amide bonds. The van der Waals surface area contributed by atoms with Crippen LogP contribution in [0.1, 0.15) is 0 Å². The third-order valence-electron chi connectivity index (χ3n) is 6.79. The van der Waals surface area contributed by atoms with Crippen molar-refractivity contribution in [2.75, 3.05) is 0 Å². The van der Waals surface area contributed by atoms with E-state index in [4.69, 9.17) is 9.97 Å². The smallest absolute Gasteiger partial charge is 0.0722 e. The van der Waals surface area contributed by atoms with Crippen molar-refractivity contribution in [3.63, 3.8) is 0 Å². The van der Waals surface area contributed by atoms with E-state index in [1.165, 1.54) is 0 Å². The minimum atomic E-state index is 0.901. The molecule has 0 saturated heterocycles. The Morgan fingerprint density at radius 2 is 0.789 bits per heavy atom. The van der Waals surface area contributed by atoms with Gasteiger partial charge in [-0.25, -0.2) is 9.97 Å². The molecule has 7 aromatic rings. The monoisotopic (exact) mass is 487 g/mol. The van der Waals surface area contributed by atoms with Gasteiger partial charge in [0, 0.05) is 64.8 Å². The first-order valence-corrected chi connectivity index (χ1v) is 12.4. The second-order valence-electron chi connectivity index (χ2n) is 9.00. The molecule has 0 aliphatic carbocycles. The predicted octanol–water partition coefficient (Wildman–Crippen LogP) is 7.64. The average Bonchev–Trinajstić information content (AvgIpc) is 3.01. The van der Waals surface area contributed by atoms with Crippen molar-refractivity contribution < 1.29 is 0 Å². The molecule has 0 saturated carbocycles. The van der Waals surface area contributed by atoms with Crippen LogP contribution in [0.4, 0.5) is 0 Å². The lowest BCUT2D eigenvalue weighted by atomic mass is 9.89. The highest BCUT2D eigenvalue weighted by Crippen LogP contribution is 2.42. The van der Waals surface area contributed by atoms with Gasteiger partial charge in [0.05, 0.1) is 22.8 Å². The summed E-state index contributed by atoms with van der Waals surface area (Å²) >= 11 is 0. The Hall–Kier alpha value is -5.29. The van der Waals surface area contributed by atoms with E-state index in [1.54, 1.807) is 24.8 Å². The van der Waals surface area contributed by atoms with Crippen LogP contribution in [0.2, 0.25) is 0 Å². The zero-order valence-corrected chi connectivity index (χ0v) is 20.4. The SMILES string of the molecule is c1cc(-c2ccncc2)nc(-c2c3ccccc3c(-c3cccc(-c4ccncc4)n3)c3cnccc23)c1. The summed E-state index contributed by atoms with van der Waals surface area (Å²) in [5, 5.41) is 4.36. The number of fused-ring (bicyclic) bond motifs is 2. The predicted molar refractivity (Wildman–Crippen MR) is 152 cm³/mol. The largest absolute Gasteiger partial charge is 0.265 e. The molecule has 5 aromatic heterocycles. The van der Waals surface area contributed by atoms with E-state index in [1.807, 2.05) is 48.8 Å². The molecule has 38 heavy (non-hydrogen) atoms. The van der Waals surface area contributed by atoms with E-state index in [9.17, 15) is 0 Å². The van der Waals surface area contributed by atoms with Gasteiger partial charge >= 0.3 is 0 Å². The maximum Gasteiger partial charge on any atom is 0.0722 e. The fourth-order valence-electron chi connectivity index (χ4n) is 5.09. The first-order valence-electron chi connectivity index (χ1n) is 12.4. The highest BCUT2D eigenvalue weighted by molar-refractivity contribution is 6.20. The first kappa shape index (κ1) is 21.9. The Morgan fingerprint density at radius 3 is 1.34 bits per heavy atom. The molecule has 178 valence electrons. The van der Waals surface area contributed by atoms with E-state index >= 15 is 0 Å². The van der Waals surface area contributed by atoms with Crippen molar-refractivity contribution in [1.82, 2.24) is 24.9 Å². The van der Waals surface area contributed by atoms with Crippen LogP contribution in [0, 0.1) is 0 Å². The van der Waals surface area contributed by atoms with Crippen LogP contribution in [0.5, 0.6) is 0 Å². The molecule has 0 aliphatic heterocycles. The Balaban J connectivity index is 1.51. The van der Waals surface area contributed by atoms with E-state index in [0.717, 1.165) is 66.6 Å². The Labute approximate surface area is 219 Å². The second kappa shape index (κ2) is 9.30. The average molecular weight is 488 g/mol. The summed E-state index contributed by atoms with van der Waals surface area (Å²) in [6.45, 7) is 0. The van der Waals surface area contributed by atoms with Crippen LogP contribution in [0.3, 0.4) is 0 Å². The number of benzene rings is 2. The zero-order valence-electron chi connectivity index (χ0n) is 20.4. The fraction of sp³-hybridized carbons (Fsp3) is 0. The van der Waals surface area contributed by atoms with Crippen molar-refractivity contribution in [1.29, 1.82) is 0 Å². The number of rotatable bonds is 4. The third-order valence-corrected chi connectivity index (χ3v) is 6.79. The van der Waals surface area contributed by atoms with Crippen molar-refractivity contribution in [3.8, 4) is 45.0 Å². The zero-order chi connectivity index (χ0) is 25.3. The molecule has 7 rings (SSSR count). The van der Waals surface area contributed by atoms with Crippen molar-refractivity contribution in [3.05, 3.63) is 128 Å². The molecule has 0 aliphatic rings. The molecule has 0 fully saturated rings. The molecular formula is C33H21N5. The highest BCUT2D eigenvalue weighted by Gasteiger charge is 2.18. The second-order valence-corrected chi connectivity index (χ2v) is 9.00. The van der Waals surface area contributed by atoms with Crippen LogP contribution in [-0.4, -0.2) is 24.9 Å². The minimum absolute atomic E-state index is 0.901. The molecule has 0 unspecified atom stereocenters. The van der Waals surface area contributed by atoms with Gasteiger partial charge in [-0.1, -0.05) is 36.4 Å². The van der Waals surface area contributed by atoms with Gasteiger partial charge in [-0.05, 0) is 70.8 Å². The molecule has 0 bridgehead atoms. The fourth-order valence-corrected chi connectivity index (χ4v) is 5.09. The summed E-state index contributed by atoms with van der Waals surface area (Å²) in [7, 11) is 0. The number of hydrogen-bond donors (Lipinski definition) is 0. The van der Waals surface area contributed by atoms with Crippen LogP contribution in [-0.2, 0) is 0 Å². The normalized spacial score (nSPS) is 11.2. The van der Waals surface area contributed by atoms with Gasteiger partial charge < -0.3 is 0 Å². The number of nitrogens with zero attached hydrogens (tertiary/aromatic N) is 5. The van der Waals surface area contributed by atoms with Gasteiger partial charge in [0.15, 0.2) is 0 Å². The van der Waals surface area contributed by atoms with Crippen LogP contribution < -0.4 is 0 Å². The van der Waals surface area contributed by atoms with Gasteiger partial charge in [-0.15, -0.1) is 0 Å². The lowest BCUT2D eigenvalue weighted by molar-refractivity contribution is 1.29. The summed E-state index contributed by atoms with van der Waals surface area (Å²) in [5.74, 6) is 0. The van der Waals surface area contributed by atoms with Crippen molar-refractivity contribution in [2.24, 2.45) is 0 Å². The molecule has 5 nitrogen and oxygen atoms in total. The van der Waals surface area contributed by atoms with Crippen molar-refractivity contribution in [2.45, 2.75) is 0 Å². The van der Waals surface area contributed by atoms with Crippen LogP contribution in [0.25, 0.3) is 66.6 Å². The van der Waals surface area contributed by atoms with E-state index < -0.39 is 0 Å². The molecule has 5 heterocycles. The maximum absolute atomic E-state index is 5.10. The molecule has 0 N–H and O–H groups in total. The van der Waals surface area contributed by atoms with Gasteiger partial charge in [0.25, 0.3) is 0 Å². The summed E-state index contributed by atoms with van der Waals surface area (Å²) < 4.78 is 0. The molecule has 0 radical (unpaired) electrons. The lowest BCUT2D eigenvalue weighted by Gasteiger charge is -2.17. The Bertz CT molecular complexity index is 1720. The highest BCUT2D eigenvalue weighted by atomic mass is 14.7.